The molecule has 0 spiro atoms. The minimum atomic E-state index is -0.903. The molecule has 0 amide bonds. The zero-order chi connectivity index (χ0) is 21.8. The third-order valence-electron chi connectivity index (χ3n) is 5.10. The van der Waals surface area contributed by atoms with E-state index in [4.69, 9.17) is 4.74 Å². The van der Waals surface area contributed by atoms with E-state index in [0.717, 1.165) is 43.3 Å². The number of rotatable bonds is 7. The fraction of sp³-hybridized carbons (Fsp3) is 0.115. The number of ether oxygens (including phenoxy) is 1. The number of thioether (sulfide) groups is 1. The van der Waals surface area contributed by atoms with Gasteiger partial charge in [-0.15, -0.1) is 23.1 Å². The number of aryl methyl sites for hydroxylation is 1. The molecular weight excluding hydrogens is 424 g/mol. The summed E-state index contributed by atoms with van der Waals surface area (Å²) in [7, 11) is 0. The third-order valence-corrected chi connectivity index (χ3v) is 6.79. The van der Waals surface area contributed by atoms with Crippen LogP contribution >= 0.6 is 23.1 Å². The van der Waals surface area contributed by atoms with Gasteiger partial charge < -0.3 is 9.84 Å². The topological polar surface area (TPSA) is 46.5 Å². The molecule has 3 nitrogen and oxygen atoms in total. The number of hydrogen-bond donors (Lipinski definition) is 1. The van der Waals surface area contributed by atoms with E-state index in [0.29, 0.717) is 12.2 Å². The molecule has 0 aliphatic carbocycles. The monoisotopic (exact) mass is 446 g/mol. The number of carboxylic acid groups (broad SMARTS) is 1. The molecule has 0 unspecified atom stereocenters. The lowest BCUT2D eigenvalue weighted by molar-refractivity contribution is 0.0696. The summed E-state index contributed by atoms with van der Waals surface area (Å²) in [5.74, 6) is -0.0695. The van der Waals surface area contributed by atoms with Crippen LogP contribution in [0.25, 0.3) is 21.6 Å². The van der Waals surface area contributed by atoms with Crippen LogP contribution in [0.2, 0.25) is 0 Å². The van der Waals surface area contributed by atoms with Crippen molar-refractivity contribution in [2.75, 3.05) is 6.26 Å². The SMILES string of the molecule is CSc1ccc(OCc2ccccc2)c(-c2ccsc2-c2ccc(C(=O)O)c(C)c2)c1. The van der Waals surface area contributed by atoms with E-state index < -0.39 is 5.97 Å². The van der Waals surface area contributed by atoms with Gasteiger partial charge in [0, 0.05) is 20.9 Å². The molecule has 0 saturated carbocycles. The van der Waals surface area contributed by atoms with Crippen molar-refractivity contribution in [3.05, 3.63) is 94.9 Å². The van der Waals surface area contributed by atoms with Crippen molar-refractivity contribution >= 4 is 29.1 Å². The van der Waals surface area contributed by atoms with Crippen molar-refractivity contribution < 1.29 is 14.6 Å². The number of benzene rings is 3. The lowest BCUT2D eigenvalue weighted by Crippen LogP contribution is -1.99. The first kappa shape index (κ1) is 21.2. The summed E-state index contributed by atoms with van der Waals surface area (Å²) in [6.45, 7) is 2.33. The van der Waals surface area contributed by atoms with Crippen molar-refractivity contribution in [3.8, 4) is 27.3 Å². The van der Waals surface area contributed by atoms with E-state index in [1.807, 2.05) is 43.3 Å². The van der Waals surface area contributed by atoms with Gasteiger partial charge in [-0.1, -0.05) is 36.4 Å². The van der Waals surface area contributed by atoms with Crippen LogP contribution < -0.4 is 4.74 Å². The van der Waals surface area contributed by atoms with Crippen LogP contribution in [-0.4, -0.2) is 17.3 Å². The second kappa shape index (κ2) is 9.41. The highest BCUT2D eigenvalue weighted by atomic mass is 32.2. The van der Waals surface area contributed by atoms with Crippen molar-refractivity contribution in [3.63, 3.8) is 0 Å². The Kier molecular flexibility index (Phi) is 6.44. The first-order chi connectivity index (χ1) is 15.1. The largest absolute Gasteiger partial charge is 0.488 e. The zero-order valence-electron chi connectivity index (χ0n) is 17.3. The molecule has 4 rings (SSSR count). The number of carbonyl (C=O) groups is 1. The maximum Gasteiger partial charge on any atom is 0.335 e. The molecule has 0 atom stereocenters. The van der Waals surface area contributed by atoms with E-state index in [2.05, 4.69) is 42.0 Å². The minimum Gasteiger partial charge on any atom is -0.488 e. The number of hydrogen-bond acceptors (Lipinski definition) is 4. The van der Waals surface area contributed by atoms with E-state index in [9.17, 15) is 9.90 Å². The van der Waals surface area contributed by atoms with Crippen molar-refractivity contribution in [1.82, 2.24) is 0 Å². The van der Waals surface area contributed by atoms with Gasteiger partial charge in [-0.05, 0) is 71.6 Å². The summed E-state index contributed by atoms with van der Waals surface area (Å²) < 4.78 is 6.23. The van der Waals surface area contributed by atoms with Crippen LogP contribution in [-0.2, 0) is 6.61 Å². The Morgan fingerprint density at radius 1 is 1.00 bits per heavy atom. The van der Waals surface area contributed by atoms with Gasteiger partial charge in [0.2, 0.25) is 0 Å². The van der Waals surface area contributed by atoms with Crippen LogP contribution in [0.1, 0.15) is 21.5 Å². The lowest BCUT2D eigenvalue weighted by Gasteiger charge is -2.14. The van der Waals surface area contributed by atoms with Gasteiger partial charge in [0.1, 0.15) is 12.4 Å². The molecule has 5 heteroatoms. The molecule has 31 heavy (non-hydrogen) atoms. The molecular formula is C26H22O3S2. The summed E-state index contributed by atoms with van der Waals surface area (Å²) in [5.41, 5.74) is 5.34. The number of aromatic carboxylic acids is 1. The van der Waals surface area contributed by atoms with Crippen molar-refractivity contribution in [2.45, 2.75) is 18.4 Å². The maximum absolute atomic E-state index is 11.4. The Balaban J connectivity index is 1.74. The first-order valence-electron chi connectivity index (χ1n) is 9.84. The van der Waals surface area contributed by atoms with Crippen LogP contribution in [0.15, 0.2) is 83.1 Å². The first-order valence-corrected chi connectivity index (χ1v) is 11.9. The number of thiophene rings is 1. The van der Waals surface area contributed by atoms with Gasteiger partial charge in [0.25, 0.3) is 0 Å². The van der Waals surface area contributed by atoms with Crippen LogP contribution in [0.5, 0.6) is 5.75 Å². The molecule has 156 valence electrons. The fourth-order valence-electron chi connectivity index (χ4n) is 3.50. The van der Waals surface area contributed by atoms with Crippen molar-refractivity contribution in [2.24, 2.45) is 0 Å². The molecule has 0 saturated heterocycles. The number of carboxylic acids is 1. The summed E-state index contributed by atoms with van der Waals surface area (Å²) in [6.07, 6.45) is 2.06. The van der Waals surface area contributed by atoms with Gasteiger partial charge in [0.05, 0.1) is 5.56 Å². The average molecular weight is 447 g/mol. The standard InChI is InChI=1S/C26H22O3S2/c1-17-14-19(8-10-21(17)26(27)28)25-22(12-13-31-25)23-15-20(30-2)9-11-24(23)29-16-18-6-4-3-5-7-18/h3-15H,16H2,1-2H3,(H,27,28). The van der Waals surface area contributed by atoms with Crippen LogP contribution in [0, 0.1) is 6.92 Å². The van der Waals surface area contributed by atoms with Gasteiger partial charge in [-0.25, -0.2) is 4.79 Å². The third kappa shape index (κ3) is 4.68. The van der Waals surface area contributed by atoms with E-state index in [1.165, 1.54) is 0 Å². The summed E-state index contributed by atoms with van der Waals surface area (Å²) in [4.78, 5) is 13.7. The molecule has 0 fully saturated rings. The summed E-state index contributed by atoms with van der Waals surface area (Å²) in [6, 6.07) is 24.0. The van der Waals surface area contributed by atoms with Gasteiger partial charge >= 0.3 is 5.97 Å². The van der Waals surface area contributed by atoms with E-state index in [1.54, 1.807) is 29.2 Å². The Bertz CT molecular complexity index is 1210. The highest BCUT2D eigenvalue weighted by Crippen LogP contribution is 2.42. The van der Waals surface area contributed by atoms with Gasteiger partial charge in [-0.2, -0.15) is 0 Å². The highest BCUT2D eigenvalue weighted by molar-refractivity contribution is 7.98. The summed E-state index contributed by atoms with van der Waals surface area (Å²) in [5, 5.41) is 11.4. The average Bonchev–Trinajstić information content (AvgIpc) is 3.27. The maximum atomic E-state index is 11.4. The van der Waals surface area contributed by atoms with Gasteiger partial charge in [-0.3, -0.25) is 0 Å². The normalized spacial score (nSPS) is 10.8. The summed E-state index contributed by atoms with van der Waals surface area (Å²) >= 11 is 3.34. The molecule has 0 aliphatic heterocycles. The van der Waals surface area contributed by atoms with Crippen LogP contribution in [0.3, 0.4) is 0 Å². The predicted octanol–water partition coefficient (Wildman–Crippen LogP) is 7.39. The molecule has 4 aromatic rings. The highest BCUT2D eigenvalue weighted by Gasteiger charge is 2.16. The minimum absolute atomic E-state index is 0.332. The molecule has 0 radical (unpaired) electrons. The Morgan fingerprint density at radius 2 is 1.81 bits per heavy atom. The predicted molar refractivity (Wildman–Crippen MR) is 129 cm³/mol. The van der Waals surface area contributed by atoms with E-state index >= 15 is 0 Å². The van der Waals surface area contributed by atoms with E-state index in [-0.39, 0.29) is 0 Å². The zero-order valence-corrected chi connectivity index (χ0v) is 18.9. The lowest BCUT2D eigenvalue weighted by atomic mass is 9.99. The van der Waals surface area contributed by atoms with Crippen molar-refractivity contribution in [1.29, 1.82) is 0 Å². The quantitative estimate of drug-likeness (QED) is 0.301. The second-order valence-corrected chi connectivity index (χ2v) is 8.93. The Labute approximate surface area is 190 Å². The second-order valence-electron chi connectivity index (χ2n) is 7.13. The molecule has 0 aliphatic rings. The molecule has 1 N–H and O–H groups in total. The Morgan fingerprint density at radius 3 is 2.52 bits per heavy atom. The molecule has 0 bridgehead atoms. The fourth-order valence-corrected chi connectivity index (χ4v) is 4.85. The van der Waals surface area contributed by atoms with Gasteiger partial charge in [0.15, 0.2) is 0 Å². The molecule has 1 aromatic heterocycles. The van der Waals surface area contributed by atoms with Crippen LogP contribution in [0.4, 0.5) is 0 Å². The Hall–Kier alpha value is -3.02. The molecule has 1 heterocycles. The smallest absolute Gasteiger partial charge is 0.335 e. The molecule has 3 aromatic carbocycles.